The topological polar surface area (TPSA) is 53.1 Å². The maximum Gasteiger partial charge on any atom is 0.124 e. The maximum atomic E-state index is 7.72. The van der Waals surface area contributed by atoms with Crippen molar-refractivity contribution in [3.63, 3.8) is 0 Å². The molecule has 0 aromatic heterocycles. The number of nitrogens with one attached hydrogen (secondary N) is 1. The van der Waals surface area contributed by atoms with E-state index in [4.69, 9.17) is 11.1 Å². The van der Waals surface area contributed by atoms with Gasteiger partial charge in [-0.3, -0.25) is 5.41 Å². The highest BCUT2D eigenvalue weighted by Crippen LogP contribution is 2.29. The number of hydrogen-bond acceptors (Lipinski definition) is 2. The molecule has 104 valence electrons. The monoisotopic (exact) mass is 259 g/mol. The first-order chi connectivity index (χ1) is 9.11. The Morgan fingerprint density at radius 2 is 2.05 bits per heavy atom. The molecule has 2 rings (SSSR count). The number of hydrogen-bond donors (Lipinski definition) is 2. The molecule has 0 aliphatic carbocycles. The fourth-order valence-electron chi connectivity index (χ4n) is 3.00. The van der Waals surface area contributed by atoms with E-state index in [0.29, 0.717) is 0 Å². The van der Waals surface area contributed by atoms with E-state index >= 15 is 0 Å². The van der Waals surface area contributed by atoms with Gasteiger partial charge in [-0.05, 0) is 43.4 Å². The molecular weight excluding hydrogens is 234 g/mol. The molecule has 0 saturated carbocycles. The molecule has 3 heteroatoms. The number of nitrogen functional groups attached to an aromatic ring is 1. The number of nitrogens with two attached hydrogens (primary N) is 1. The molecule has 1 saturated heterocycles. The van der Waals surface area contributed by atoms with Crippen LogP contribution in [0.3, 0.4) is 0 Å². The molecule has 0 spiro atoms. The van der Waals surface area contributed by atoms with Crippen molar-refractivity contribution in [1.82, 2.24) is 0 Å². The smallest absolute Gasteiger partial charge is 0.124 e. The third-order valence-corrected chi connectivity index (χ3v) is 4.10. The van der Waals surface area contributed by atoms with Gasteiger partial charge in [-0.1, -0.05) is 25.8 Å². The van der Waals surface area contributed by atoms with Gasteiger partial charge < -0.3 is 10.6 Å². The van der Waals surface area contributed by atoms with Gasteiger partial charge in [0.1, 0.15) is 5.84 Å². The van der Waals surface area contributed by atoms with Crippen LogP contribution < -0.4 is 10.6 Å². The van der Waals surface area contributed by atoms with Crippen molar-refractivity contribution in [2.75, 3.05) is 18.0 Å². The first-order valence-electron chi connectivity index (χ1n) is 7.31. The second-order valence-electron chi connectivity index (χ2n) is 5.65. The Bertz CT molecular complexity index is 445. The second kappa shape index (κ2) is 6.09. The van der Waals surface area contributed by atoms with Crippen molar-refractivity contribution >= 4 is 11.5 Å². The minimum Gasteiger partial charge on any atom is -0.384 e. The number of anilines is 1. The summed E-state index contributed by atoms with van der Waals surface area (Å²) in [6, 6.07) is 6.17. The minimum absolute atomic E-state index is 0.172. The predicted octanol–water partition coefficient (Wildman–Crippen LogP) is 3.30. The van der Waals surface area contributed by atoms with Crippen molar-refractivity contribution in [2.24, 2.45) is 11.7 Å². The molecule has 3 N–H and O–H groups in total. The summed E-state index contributed by atoms with van der Waals surface area (Å²) < 4.78 is 0. The van der Waals surface area contributed by atoms with Crippen molar-refractivity contribution < 1.29 is 0 Å². The summed E-state index contributed by atoms with van der Waals surface area (Å²) in [4.78, 5) is 2.40. The Morgan fingerprint density at radius 1 is 1.37 bits per heavy atom. The van der Waals surface area contributed by atoms with Crippen LogP contribution in [0.2, 0.25) is 0 Å². The van der Waals surface area contributed by atoms with Crippen molar-refractivity contribution in [3.05, 3.63) is 29.3 Å². The summed E-state index contributed by atoms with van der Waals surface area (Å²) in [5, 5.41) is 7.72. The average Bonchev–Trinajstić information content (AvgIpc) is 2.39. The maximum absolute atomic E-state index is 7.72. The quantitative estimate of drug-likeness (QED) is 0.644. The molecule has 1 aliphatic rings. The van der Waals surface area contributed by atoms with Gasteiger partial charge >= 0.3 is 0 Å². The zero-order valence-corrected chi connectivity index (χ0v) is 12.1. The van der Waals surface area contributed by atoms with Gasteiger partial charge in [0.05, 0.1) is 0 Å². The predicted molar refractivity (Wildman–Crippen MR) is 82.0 cm³/mol. The summed E-state index contributed by atoms with van der Waals surface area (Å²) >= 11 is 0. The van der Waals surface area contributed by atoms with Crippen LogP contribution >= 0.6 is 0 Å². The molecule has 0 atom stereocenters. The van der Waals surface area contributed by atoms with Gasteiger partial charge in [-0.25, -0.2) is 0 Å². The first kappa shape index (κ1) is 13.9. The Labute approximate surface area is 116 Å². The summed E-state index contributed by atoms with van der Waals surface area (Å²) in [6.45, 7) is 6.54. The third-order valence-electron chi connectivity index (χ3n) is 4.10. The molecule has 1 heterocycles. The number of piperidine rings is 1. The van der Waals surface area contributed by atoms with Crippen LogP contribution in [-0.4, -0.2) is 18.9 Å². The van der Waals surface area contributed by atoms with Gasteiger partial charge in [0, 0.05) is 24.3 Å². The van der Waals surface area contributed by atoms with E-state index in [9.17, 15) is 0 Å². The zero-order chi connectivity index (χ0) is 13.8. The van der Waals surface area contributed by atoms with E-state index < -0.39 is 0 Å². The molecular formula is C16H25N3. The van der Waals surface area contributed by atoms with Crippen molar-refractivity contribution in [2.45, 2.75) is 39.5 Å². The Kier molecular flexibility index (Phi) is 4.46. The van der Waals surface area contributed by atoms with Gasteiger partial charge in [-0.2, -0.15) is 0 Å². The second-order valence-corrected chi connectivity index (χ2v) is 5.65. The minimum atomic E-state index is 0.172. The van der Waals surface area contributed by atoms with Crippen LogP contribution in [0.1, 0.15) is 43.7 Å². The van der Waals surface area contributed by atoms with Gasteiger partial charge in [0.15, 0.2) is 0 Å². The number of rotatable bonds is 4. The first-order valence-corrected chi connectivity index (χ1v) is 7.31. The van der Waals surface area contributed by atoms with Crippen molar-refractivity contribution in [3.8, 4) is 0 Å². The van der Waals surface area contributed by atoms with Crippen LogP contribution in [0.4, 0.5) is 5.69 Å². The van der Waals surface area contributed by atoms with Crippen LogP contribution in [0.15, 0.2) is 18.2 Å². The summed E-state index contributed by atoms with van der Waals surface area (Å²) in [5.41, 5.74) is 8.95. The van der Waals surface area contributed by atoms with Gasteiger partial charge in [0.25, 0.3) is 0 Å². The highest BCUT2D eigenvalue weighted by molar-refractivity contribution is 6.00. The van der Waals surface area contributed by atoms with E-state index in [1.165, 1.54) is 31.2 Å². The molecule has 1 fully saturated rings. The van der Waals surface area contributed by atoms with E-state index in [1.54, 1.807) is 0 Å². The number of benzene rings is 1. The zero-order valence-electron chi connectivity index (χ0n) is 12.1. The average molecular weight is 259 g/mol. The molecule has 0 unspecified atom stereocenters. The lowest BCUT2D eigenvalue weighted by atomic mass is 9.92. The number of nitrogens with zero attached hydrogens (tertiary/aromatic N) is 1. The lowest BCUT2D eigenvalue weighted by Gasteiger charge is -2.34. The lowest BCUT2D eigenvalue weighted by Crippen LogP contribution is -2.35. The fraction of sp³-hybridized carbons (Fsp3) is 0.562. The van der Waals surface area contributed by atoms with E-state index in [-0.39, 0.29) is 5.84 Å². The molecule has 19 heavy (non-hydrogen) atoms. The van der Waals surface area contributed by atoms with Crippen LogP contribution in [-0.2, 0) is 0 Å². The number of amidine groups is 1. The summed E-state index contributed by atoms with van der Waals surface area (Å²) in [5.74, 6) is 1.05. The molecule has 0 radical (unpaired) electrons. The van der Waals surface area contributed by atoms with Gasteiger partial charge in [-0.15, -0.1) is 0 Å². The highest BCUT2D eigenvalue weighted by Gasteiger charge is 2.21. The van der Waals surface area contributed by atoms with Crippen LogP contribution in [0, 0.1) is 18.3 Å². The SMILES string of the molecule is CCCC1CCN(c2cc(C)ccc2C(=N)N)CC1. The number of aryl methyl sites for hydroxylation is 1. The lowest BCUT2D eigenvalue weighted by molar-refractivity contribution is 0.378. The molecule has 3 nitrogen and oxygen atoms in total. The molecule has 0 amide bonds. The van der Waals surface area contributed by atoms with Gasteiger partial charge in [0.2, 0.25) is 0 Å². The van der Waals surface area contributed by atoms with E-state index in [1.807, 2.05) is 12.1 Å². The Balaban J connectivity index is 2.14. The Hall–Kier alpha value is -1.51. The summed E-state index contributed by atoms with van der Waals surface area (Å²) in [6.07, 6.45) is 5.16. The molecule has 1 aliphatic heterocycles. The molecule has 1 aromatic carbocycles. The van der Waals surface area contributed by atoms with E-state index in [2.05, 4.69) is 24.8 Å². The third kappa shape index (κ3) is 3.28. The molecule has 1 aromatic rings. The normalized spacial score (nSPS) is 16.6. The highest BCUT2D eigenvalue weighted by atomic mass is 15.1. The van der Waals surface area contributed by atoms with Crippen LogP contribution in [0.25, 0.3) is 0 Å². The standard InChI is InChI=1S/C16H25N3/c1-3-4-13-7-9-19(10-8-13)15-11-12(2)5-6-14(15)16(17)18/h5-6,11,13H,3-4,7-10H2,1-2H3,(H3,17,18). The fourth-order valence-corrected chi connectivity index (χ4v) is 3.00. The van der Waals surface area contributed by atoms with Crippen molar-refractivity contribution in [1.29, 1.82) is 5.41 Å². The molecule has 0 bridgehead atoms. The summed E-state index contributed by atoms with van der Waals surface area (Å²) in [7, 11) is 0. The largest absolute Gasteiger partial charge is 0.384 e. The van der Waals surface area contributed by atoms with E-state index in [0.717, 1.165) is 30.3 Å². The van der Waals surface area contributed by atoms with Crippen LogP contribution in [0.5, 0.6) is 0 Å². The Morgan fingerprint density at radius 3 is 2.63 bits per heavy atom.